The fraction of sp³-hybridized carbons (Fsp3) is 0.304. The Balaban J connectivity index is 1.53. The number of hydrazine groups is 1. The standard InChI is InChI=1S/C23H25N9O3/c1-13-5-7-26-15(8-13)11-27-20-18-21(30-19(29-20)14-4-3-6-25-10-14)32(12-28-18)23-16(33)9-17(35-23)22(34)31-24-2/h3-8,10,12,16-17,23-24,33H,9,11H2,1-2H3,(H,31,34)(H,27,29,30)/t16-,17+,23-/m1/s1. The van der Waals surface area contributed by atoms with Crippen LogP contribution in [0.3, 0.4) is 0 Å². The lowest BCUT2D eigenvalue weighted by Gasteiger charge is -2.17. The Morgan fingerprint density at radius 1 is 1.26 bits per heavy atom. The SMILES string of the molecule is CNNC(=O)[C@@H]1C[C@@H](O)[C@H](n2cnc3c(NCc4cc(C)ccn4)nc(-c4cccnc4)nc32)O1. The van der Waals surface area contributed by atoms with Crippen LogP contribution < -0.4 is 16.2 Å². The number of amides is 1. The predicted molar refractivity (Wildman–Crippen MR) is 127 cm³/mol. The molecule has 1 fully saturated rings. The van der Waals surface area contributed by atoms with E-state index in [-0.39, 0.29) is 12.3 Å². The number of rotatable bonds is 7. The zero-order valence-corrected chi connectivity index (χ0v) is 19.2. The number of hydrogen-bond acceptors (Lipinski definition) is 10. The number of carbonyl (C=O) groups is 1. The first kappa shape index (κ1) is 22.8. The van der Waals surface area contributed by atoms with Crippen molar-refractivity contribution in [2.24, 2.45) is 0 Å². The van der Waals surface area contributed by atoms with Crippen molar-refractivity contribution < 1.29 is 14.6 Å². The minimum atomic E-state index is -0.926. The van der Waals surface area contributed by atoms with Crippen LogP contribution in [0.4, 0.5) is 5.82 Å². The highest BCUT2D eigenvalue weighted by Crippen LogP contribution is 2.33. The first-order chi connectivity index (χ1) is 17.0. The summed E-state index contributed by atoms with van der Waals surface area (Å²) in [6, 6.07) is 7.59. The average Bonchev–Trinajstić information content (AvgIpc) is 3.46. The lowest BCUT2D eigenvalue weighted by atomic mass is 10.2. The van der Waals surface area contributed by atoms with Crippen LogP contribution in [0.15, 0.2) is 49.2 Å². The summed E-state index contributed by atoms with van der Waals surface area (Å²) in [5.74, 6) is 0.578. The Kier molecular flexibility index (Phi) is 6.31. The Labute approximate surface area is 200 Å². The van der Waals surface area contributed by atoms with Crippen molar-refractivity contribution in [3.05, 3.63) is 60.4 Å². The van der Waals surface area contributed by atoms with Gasteiger partial charge in [-0.2, -0.15) is 0 Å². The first-order valence-corrected chi connectivity index (χ1v) is 11.1. The Morgan fingerprint density at radius 2 is 2.14 bits per heavy atom. The number of aryl methyl sites for hydroxylation is 1. The van der Waals surface area contributed by atoms with Gasteiger partial charge < -0.3 is 15.2 Å². The van der Waals surface area contributed by atoms with E-state index in [2.05, 4.69) is 31.1 Å². The van der Waals surface area contributed by atoms with Crippen LogP contribution in [-0.2, 0) is 16.1 Å². The van der Waals surface area contributed by atoms with E-state index in [1.54, 1.807) is 36.3 Å². The maximum absolute atomic E-state index is 12.2. The summed E-state index contributed by atoms with van der Waals surface area (Å²) >= 11 is 0. The molecule has 3 atom stereocenters. The number of pyridine rings is 2. The zero-order chi connectivity index (χ0) is 24.4. The van der Waals surface area contributed by atoms with Gasteiger partial charge in [0.2, 0.25) is 0 Å². The highest BCUT2D eigenvalue weighted by atomic mass is 16.5. The van der Waals surface area contributed by atoms with Gasteiger partial charge >= 0.3 is 0 Å². The number of aromatic nitrogens is 6. The van der Waals surface area contributed by atoms with Crippen LogP contribution in [-0.4, -0.2) is 59.8 Å². The number of nitrogens with one attached hydrogen (secondary N) is 3. The number of fused-ring (bicyclic) bond motifs is 1. The summed E-state index contributed by atoms with van der Waals surface area (Å²) in [6.07, 6.45) is 4.21. The number of hydrogen-bond donors (Lipinski definition) is 4. The molecule has 0 spiro atoms. The number of nitrogens with zero attached hydrogens (tertiary/aromatic N) is 6. The molecule has 0 aliphatic carbocycles. The van der Waals surface area contributed by atoms with Gasteiger partial charge in [-0.1, -0.05) is 0 Å². The van der Waals surface area contributed by atoms with Gasteiger partial charge in [0.25, 0.3) is 5.91 Å². The van der Waals surface area contributed by atoms with Crippen LogP contribution in [0.2, 0.25) is 0 Å². The normalized spacial score (nSPS) is 19.7. The average molecular weight is 476 g/mol. The quantitative estimate of drug-likeness (QED) is 0.286. The fourth-order valence-electron chi connectivity index (χ4n) is 3.99. The molecular weight excluding hydrogens is 450 g/mol. The van der Waals surface area contributed by atoms with Gasteiger partial charge in [0.1, 0.15) is 12.2 Å². The lowest BCUT2D eigenvalue weighted by molar-refractivity contribution is -0.135. The zero-order valence-electron chi connectivity index (χ0n) is 19.2. The Hall–Kier alpha value is -4.00. The maximum atomic E-state index is 12.2. The summed E-state index contributed by atoms with van der Waals surface area (Å²) < 4.78 is 7.52. The molecule has 0 bridgehead atoms. The molecule has 5 rings (SSSR count). The third kappa shape index (κ3) is 4.67. The highest BCUT2D eigenvalue weighted by molar-refractivity contribution is 5.85. The monoisotopic (exact) mass is 475 g/mol. The molecule has 0 aromatic carbocycles. The van der Waals surface area contributed by atoms with E-state index in [0.717, 1.165) is 16.8 Å². The van der Waals surface area contributed by atoms with Gasteiger partial charge in [-0.05, 0) is 36.8 Å². The summed E-state index contributed by atoms with van der Waals surface area (Å²) in [5, 5.41) is 14.0. The molecular formula is C23H25N9O3. The molecule has 4 aromatic rings. The topological polar surface area (TPSA) is 152 Å². The number of imidazole rings is 1. The Bertz CT molecular complexity index is 1340. The minimum Gasteiger partial charge on any atom is -0.388 e. The molecule has 1 saturated heterocycles. The molecule has 35 heavy (non-hydrogen) atoms. The van der Waals surface area contributed by atoms with E-state index in [9.17, 15) is 9.90 Å². The van der Waals surface area contributed by atoms with Crippen molar-refractivity contribution >= 4 is 22.9 Å². The number of aliphatic hydroxyl groups is 1. The van der Waals surface area contributed by atoms with Crippen LogP contribution >= 0.6 is 0 Å². The summed E-state index contributed by atoms with van der Waals surface area (Å²) in [6.45, 7) is 2.44. The van der Waals surface area contributed by atoms with Crippen molar-refractivity contribution in [3.63, 3.8) is 0 Å². The molecule has 4 N–H and O–H groups in total. The molecule has 0 radical (unpaired) electrons. The minimum absolute atomic E-state index is 0.141. The van der Waals surface area contributed by atoms with Crippen molar-refractivity contribution in [2.45, 2.75) is 38.3 Å². The number of carbonyl (C=O) groups excluding carboxylic acids is 1. The van der Waals surface area contributed by atoms with Gasteiger partial charge in [-0.25, -0.2) is 20.4 Å². The van der Waals surface area contributed by atoms with E-state index < -0.39 is 18.4 Å². The van der Waals surface area contributed by atoms with E-state index >= 15 is 0 Å². The number of aliphatic hydroxyl groups excluding tert-OH is 1. The molecule has 12 nitrogen and oxygen atoms in total. The summed E-state index contributed by atoms with van der Waals surface area (Å²) in [4.78, 5) is 34.7. The second-order valence-corrected chi connectivity index (χ2v) is 8.20. The summed E-state index contributed by atoms with van der Waals surface area (Å²) in [7, 11) is 1.59. The van der Waals surface area contributed by atoms with Crippen LogP contribution in [0.25, 0.3) is 22.6 Å². The third-order valence-corrected chi connectivity index (χ3v) is 5.65. The molecule has 0 unspecified atom stereocenters. The van der Waals surface area contributed by atoms with Gasteiger partial charge in [-0.3, -0.25) is 24.8 Å². The molecule has 5 heterocycles. The van der Waals surface area contributed by atoms with Crippen LogP contribution in [0.5, 0.6) is 0 Å². The van der Waals surface area contributed by atoms with Crippen molar-refractivity contribution in [1.82, 2.24) is 40.3 Å². The van der Waals surface area contributed by atoms with Gasteiger partial charge in [0, 0.05) is 37.6 Å². The lowest BCUT2D eigenvalue weighted by Crippen LogP contribution is -2.41. The molecule has 0 saturated carbocycles. The van der Waals surface area contributed by atoms with Crippen molar-refractivity contribution in [1.29, 1.82) is 0 Å². The summed E-state index contributed by atoms with van der Waals surface area (Å²) in [5.41, 5.74) is 8.71. The van der Waals surface area contributed by atoms with Crippen LogP contribution in [0.1, 0.15) is 23.9 Å². The fourth-order valence-corrected chi connectivity index (χ4v) is 3.99. The van der Waals surface area contributed by atoms with Crippen molar-refractivity contribution in [2.75, 3.05) is 12.4 Å². The molecule has 1 amide bonds. The van der Waals surface area contributed by atoms with E-state index in [1.807, 2.05) is 25.1 Å². The number of anilines is 1. The first-order valence-electron chi connectivity index (χ1n) is 11.1. The highest BCUT2D eigenvalue weighted by Gasteiger charge is 2.40. The second kappa shape index (κ2) is 9.70. The van der Waals surface area contributed by atoms with Crippen molar-refractivity contribution in [3.8, 4) is 11.4 Å². The predicted octanol–water partition coefficient (Wildman–Crippen LogP) is 1.10. The van der Waals surface area contributed by atoms with E-state index in [4.69, 9.17) is 14.7 Å². The molecule has 180 valence electrons. The third-order valence-electron chi connectivity index (χ3n) is 5.65. The maximum Gasteiger partial charge on any atom is 0.263 e. The van der Waals surface area contributed by atoms with Gasteiger partial charge in [-0.15, -0.1) is 0 Å². The van der Waals surface area contributed by atoms with E-state index in [1.165, 1.54) is 6.33 Å². The largest absolute Gasteiger partial charge is 0.388 e. The molecule has 12 heteroatoms. The smallest absolute Gasteiger partial charge is 0.263 e. The number of ether oxygens (including phenoxy) is 1. The van der Waals surface area contributed by atoms with Gasteiger partial charge in [0.15, 0.2) is 29.0 Å². The molecule has 4 aromatic heterocycles. The molecule has 1 aliphatic heterocycles. The van der Waals surface area contributed by atoms with Gasteiger partial charge in [0.05, 0.1) is 18.6 Å². The molecule has 1 aliphatic rings. The second-order valence-electron chi connectivity index (χ2n) is 8.20. The van der Waals surface area contributed by atoms with Crippen LogP contribution in [0, 0.1) is 6.92 Å². The van der Waals surface area contributed by atoms with E-state index in [0.29, 0.717) is 29.4 Å². The Morgan fingerprint density at radius 3 is 2.91 bits per heavy atom.